The number of ether oxygens (including phenoxy) is 2. The van der Waals surface area contributed by atoms with Gasteiger partial charge in [-0.05, 0) is 109 Å². The highest BCUT2D eigenvalue weighted by atomic mass is 16.5. The molecule has 9 rings (SSSR count). The third-order valence-corrected chi connectivity index (χ3v) is 14.7. The van der Waals surface area contributed by atoms with Crippen molar-refractivity contribution in [2.45, 2.75) is 128 Å². The maximum atomic E-state index is 14.3. The predicted octanol–water partition coefficient (Wildman–Crippen LogP) is 9.20. The molecule has 2 aliphatic heterocycles. The number of imidazole rings is 2. The first-order valence-electron chi connectivity index (χ1n) is 23.4. The molecule has 0 bridgehead atoms. The molecule has 14 heteroatoms. The Labute approximate surface area is 374 Å². The Balaban J connectivity index is 0.946. The van der Waals surface area contributed by atoms with E-state index in [1.165, 1.54) is 14.2 Å². The summed E-state index contributed by atoms with van der Waals surface area (Å²) in [5, 5.41) is 5.62. The van der Waals surface area contributed by atoms with E-state index >= 15 is 0 Å². The van der Waals surface area contributed by atoms with Gasteiger partial charge in [-0.15, -0.1) is 0 Å². The Morgan fingerprint density at radius 2 is 0.953 bits per heavy atom. The van der Waals surface area contributed by atoms with Crippen molar-refractivity contribution in [3.05, 3.63) is 72.3 Å². The number of rotatable bonds is 10. The predicted molar refractivity (Wildman–Crippen MR) is 245 cm³/mol. The van der Waals surface area contributed by atoms with Gasteiger partial charge in [0.2, 0.25) is 11.8 Å². The molecule has 5 aromatic rings. The number of hydrogen-bond acceptors (Lipinski definition) is 8. The summed E-state index contributed by atoms with van der Waals surface area (Å²) in [7, 11) is 2.64. The van der Waals surface area contributed by atoms with Crippen LogP contribution in [-0.4, -0.2) is 92.1 Å². The van der Waals surface area contributed by atoms with Crippen molar-refractivity contribution in [3.63, 3.8) is 0 Å². The summed E-state index contributed by atoms with van der Waals surface area (Å²) in [6.07, 6.45) is 9.02. The zero-order valence-electron chi connectivity index (χ0n) is 37.9. The molecule has 4 N–H and O–H groups in total. The number of methoxy groups -OCH3 is 2. The standard InChI is InChI=1S/C50H62N8O6/c1-27(2)43(55-49(61)63-5)47(59)57-39-13-9-7-11-33(39)25-41(57)45-51-35-21-19-31(23-37(35)53-45)29-15-17-30(18-16-29)32-20-22-36-38(24-32)54-46(52-36)42-26-34-12-8-10-14-40(34)58(42)48(60)44(28(3)4)56-50(62)64-6/h15-24,27-28,33-34,39-44H,7-14,25-26H2,1-6H3,(H,51,53)(H,52,54)(H,55,61)(H,56,62)/t33-,34-,39-,40-,41-,42-,43-,44-/m0/s1. The van der Waals surface area contributed by atoms with E-state index in [2.05, 4.69) is 69.1 Å². The van der Waals surface area contributed by atoms with Crippen molar-refractivity contribution < 1.29 is 28.7 Å². The Morgan fingerprint density at radius 3 is 1.33 bits per heavy atom. The molecule has 2 aromatic heterocycles. The molecular weight excluding hydrogens is 809 g/mol. The molecule has 2 saturated heterocycles. The van der Waals surface area contributed by atoms with Crippen LogP contribution >= 0.6 is 0 Å². The number of fused-ring (bicyclic) bond motifs is 4. The fraction of sp³-hybridized carbons (Fsp3) is 0.520. The van der Waals surface area contributed by atoms with Crippen LogP contribution < -0.4 is 10.6 Å². The third kappa shape index (κ3) is 8.20. The molecule has 2 aliphatic carbocycles. The van der Waals surface area contributed by atoms with Crippen molar-refractivity contribution in [2.75, 3.05) is 14.2 Å². The highest BCUT2D eigenvalue weighted by molar-refractivity contribution is 5.89. The molecule has 4 amide bonds. The lowest BCUT2D eigenvalue weighted by molar-refractivity contribution is -0.139. The second-order valence-electron chi connectivity index (χ2n) is 19.2. The summed E-state index contributed by atoms with van der Waals surface area (Å²) in [4.78, 5) is 74.6. The summed E-state index contributed by atoms with van der Waals surface area (Å²) in [5.41, 5.74) is 7.75. The largest absolute Gasteiger partial charge is 0.453 e. The molecule has 0 unspecified atom stereocenters. The maximum absolute atomic E-state index is 14.3. The van der Waals surface area contributed by atoms with Crippen LogP contribution in [-0.2, 0) is 19.1 Å². The van der Waals surface area contributed by atoms with Crippen LogP contribution in [0.25, 0.3) is 44.3 Å². The summed E-state index contributed by atoms with van der Waals surface area (Å²) < 4.78 is 9.78. The lowest BCUT2D eigenvalue weighted by Crippen LogP contribution is -2.53. The van der Waals surface area contributed by atoms with Gasteiger partial charge in [0.25, 0.3) is 0 Å². The quantitative estimate of drug-likeness (QED) is 0.107. The van der Waals surface area contributed by atoms with Gasteiger partial charge in [-0.1, -0.05) is 89.8 Å². The van der Waals surface area contributed by atoms with E-state index in [0.29, 0.717) is 11.8 Å². The highest BCUT2D eigenvalue weighted by Crippen LogP contribution is 2.48. The van der Waals surface area contributed by atoms with Crippen LogP contribution in [0.5, 0.6) is 0 Å². The molecule has 3 aromatic carbocycles. The van der Waals surface area contributed by atoms with Crippen LogP contribution in [0.3, 0.4) is 0 Å². The van der Waals surface area contributed by atoms with Crippen LogP contribution in [0.1, 0.15) is 116 Å². The number of carbonyl (C=O) groups excluding carboxylic acids is 4. The van der Waals surface area contributed by atoms with Crippen molar-refractivity contribution in [1.29, 1.82) is 0 Å². The molecule has 4 fully saturated rings. The Hall–Kier alpha value is -5.92. The van der Waals surface area contributed by atoms with E-state index in [9.17, 15) is 19.2 Å². The zero-order chi connectivity index (χ0) is 44.8. The van der Waals surface area contributed by atoms with E-state index in [1.54, 1.807) is 0 Å². The van der Waals surface area contributed by atoms with Gasteiger partial charge in [-0.25, -0.2) is 19.6 Å². The molecule has 14 nitrogen and oxygen atoms in total. The number of H-pyrrole nitrogens is 2. The van der Waals surface area contributed by atoms with Gasteiger partial charge in [0.05, 0.1) is 48.4 Å². The van der Waals surface area contributed by atoms with Gasteiger partial charge in [-0.3, -0.25) is 9.59 Å². The molecule has 4 heterocycles. The van der Waals surface area contributed by atoms with Crippen LogP contribution in [0.15, 0.2) is 60.7 Å². The number of amides is 4. The smallest absolute Gasteiger partial charge is 0.407 e. The minimum Gasteiger partial charge on any atom is -0.453 e. The summed E-state index contributed by atoms with van der Waals surface area (Å²) >= 11 is 0. The lowest BCUT2D eigenvalue weighted by Gasteiger charge is -2.36. The third-order valence-electron chi connectivity index (χ3n) is 14.7. The van der Waals surface area contributed by atoms with Crippen molar-refractivity contribution in [2.24, 2.45) is 23.7 Å². The highest BCUT2D eigenvalue weighted by Gasteiger charge is 2.50. The number of hydrogen-bond donors (Lipinski definition) is 4. The minimum atomic E-state index is -0.695. The number of likely N-dealkylation sites (tertiary alicyclic amines) is 2. The van der Waals surface area contributed by atoms with E-state index in [4.69, 9.17) is 19.4 Å². The number of aromatic amines is 2. The molecule has 2 saturated carbocycles. The fourth-order valence-corrected chi connectivity index (χ4v) is 11.4. The maximum Gasteiger partial charge on any atom is 0.407 e. The fourth-order valence-electron chi connectivity index (χ4n) is 11.4. The molecule has 8 atom stereocenters. The van der Waals surface area contributed by atoms with Gasteiger partial charge >= 0.3 is 12.2 Å². The van der Waals surface area contributed by atoms with Crippen molar-refractivity contribution >= 4 is 46.1 Å². The van der Waals surface area contributed by atoms with E-state index in [-0.39, 0.29) is 47.8 Å². The summed E-state index contributed by atoms with van der Waals surface area (Å²) in [5.74, 6) is 1.97. The van der Waals surface area contributed by atoms with Crippen LogP contribution in [0, 0.1) is 23.7 Å². The monoisotopic (exact) mass is 870 g/mol. The van der Waals surface area contributed by atoms with Gasteiger partial charge in [0.1, 0.15) is 23.7 Å². The lowest BCUT2D eigenvalue weighted by atomic mass is 9.84. The topological polar surface area (TPSA) is 175 Å². The number of nitrogens with zero attached hydrogens (tertiary/aromatic N) is 4. The van der Waals surface area contributed by atoms with Gasteiger partial charge in [0.15, 0.2) is 0 Å². The summed E-state index contributed by atoms with van der Waals surface area (Å²) in [6, 6.07) is 19.5. The van der Waals surface area contributed by atoms with E-state index in [1.807, 2.05) is 49.6 Å². The first-order chi connectivity index (χ1) is 30.9. The molecule has 4 aliphatic rings. The zero-order valence-corrected chi connectivity index (χ0v) is 37.9. The molecule has 0 spiro atoms. The first-order valence-corrected chi connectivity index (χ1v) is 23.4. The average molecular weight is 871 g/mol. The number of alkyl carbamates (subject to hydrolysis) is 2. The average Bonchev–Trinajstić information content (AvgIpc) is 4.11. The first kappa shape index (κ1) is 43.3. The molecule has 64 heavy (non-hydrogen) atoms. The Bertz CT molecular complexity index is 2360. The molecule has 0 radical (unpaired) electrons. The second-order valence-corrected chi connectivity index (χ2v) is 19.2. The SMILES string of the molecule is COC(=O)N[C@H](C(=O)N1[C@H](c2nc3ccc(-c4ccc(-c5ccc6nc([C@@H]7C[C@@H]8CCCC[C@@H]8N7C(=O)[C@@H](NC(=O)OC)C(C)C)[nH]c6c5)cc4)cc3[nH]2)C[C@@H]2CCCC[C@@H]21)C(C)C. The van der Waals surface area contributed by atoms with Gasteiger partial charge < -0.3 is 39.9 Å². The number of carbonyl (C=O) groups is 4. The Kier molecular flexibility index (Phi) is 12.1. The summed E-state index contributed by atoms with van der Waals surface area (Å²) in [6.45, 7) is 7.79. The van der Waals surface area contributed by atoms with E-state index < -0.39 is 24.3 Å². The van der Waals surface area contributed by atoms with Crippen LogP contribution in [0.2, 0.25) is 0 Å². The number of aromatic nitrogens is 4. The van der Waals surface area contributed by atoms with Crippen LogP contribution in [0.4, 0.5) is 9.59 Å². The number of benzene rings is 3. The normalized spacial score (nSPS) is 24.1. The Morgan fingerprint density at radius 1 is 0.578 bits per heavy atom. The minimum absolute atomic E-state index is 0.0794. The van der Waals surface area contributed by atoms with Crippen molar-refractivity contribution in [1.82, 2.24) is 40.4 Å². The van der Waals surface area contributed by atoms with Gasteiger partial charge in [0, 0.05) is 12.1 Å². The van der Waals surface area contributed by atoms with E-state index in [0.717, 1.165) is 120 Å². The van der Waals surface area contributed by atoms with Gasteiger partial charge in [-0.2, -0.15) is 0 Å². The number of nitrogens with one attached hydrogen (secondary N) is 4. The molecular formula is C50H62N8O6. The molecule has 338 valence electrons. The van der Waals surface area contributed by atoms with Crippen molar-refractivity contribution in [3.8, 4) is 22.3 Å². The second kappa shape index (κ2) is 17.9.